The van der Waals surface area contributed by atoms with Crippen molar-refractivity contribution in [2.45, 2.75) is 44.8 Å². The molecule has 2 rings (SSSR count). The highest BCUT2D eigenvalue weighted by molar-refractivity contribution is 5.77. The van der Waals surface area contributed by atoms with Gasteiger partial charge in [0.25, 0.3) is 0 Å². The molecule has 7 heteroatoms. The highest BCUT2D eigenvalue weighted by Crippen LogP contribution is 2.18. The van der Waals surface area contributed by atoms with Gasteiger partial charge in [0.2, 0.25) is 11.8 Å². The van der Waals surface area contributed by atoms with Gasteiger partial charge in [0.05, 0.1) is 19.3 Å². The van der Waals surface area contributed by atoms with E-state index in [9.17, 15) is 14.7 Å². The first-order valence-electron chi connectivity index (χ1n) is 10.2. The third kappa shape index (κ3) is 7.96. The predicted octanol–water partition coefficient (Wildman–Crippen LogP) is 1.23. The van der Waals surface area contributed by atoms with E-state index in [1.165, 1.54) is 0 Å². The van der Waals surface area contributed by atoms with Crippen molar-refractivity contribution in [2.75, 3.05) is 39.4 Å². The Hall–Kier alpha value is -1.96. The summed E-state index contributed by atoms with van der Waals surface area (Å²) in [5, 5.41) is 16.6. The van der Waals surface area contributed by atoms with Crippen molar-refractivity contribution < 1.29 is 19.4 Å². The number of nitrogens with one attached hydrogen (secondary N) is 2. The van der Waals surface area contributed by atoms with Crippen LogP contribution in [-0.4, -0.2) is 67.3 Å². The Morgan fingerprint density at radius 3 is 2.39 bits per heavy atom. The van der Waals surface area contributed by atoms with Crippen LogP contribution >= 0.6 is 0 Å². The number of unbranched alkanes of at least 4 members (excludes halogenated alkanes) is 1. The second kappa shape index (κ2) is 12.5. The van der Waals surface area contributed by atoms with Gasteiger partial charge in [-0.2, -0.15) is 0 Å². The largest absolute Gasteiger partial charge is 0.386 e. The summed E-state index contributed by atoms with van der Waals surface area (Å²) in [6.45, 7) is 6.01. The van der Waals surface area contributed by atoms with E-state index in [-0.39, 0.29) is 11.8 Å². The van der Waals surface area contributed by atoms with Crippen molar-refractivity contribution in [2.24, 2.45) is 0 Å². The Bertz CT molecular complexity index is 591. The fraction of sp³-hybridized carbons (Fsp3) is 0.619. The van der Waals surface area contributed by atoms with Gasteiger partial charge in [-0.1, -0.05) is 30.3 Å². The normalized spacial score (nSPS) is 16.9. The highest BCUT2D eigenvalue weighted by atomic mass is 16.5. The molecule has 7 nitrogen and oxygen atoms in total. The Morgan fingerprint density at radius 2 is 1.75 bits per heavy atom. The van der Waals surface area contributed by atoms with Crippen LogP contribution in [0.4, 0.5) is 0 Å². The minimum absolute atomic E-state index is 0.0209. The molecule has 156 valence electrons. The molecule has 1 saturated heterocycles. The lowest BCUT2D eigenvalue weighted by Gasteiger charge is -2.33. The Kier molecular flexibility index (Phi) is 9.96. The molecule has 0 aromatic heterocycles. The molecule has 2 atom stereocenters. The number of amides is 2. The van der Waals surface area contributed by atoms with Crippen LogP contribution in [-0.2, 0) is 14.3 Å². The van der Waals surface area contributed by atoms with E-state index >= 15 is 0 Å². The maximum absolute atomic E-state index is 12.4. The lowest BCUT2D eigenvalue weighted by Crippen LogP contribution is -2.49. The van der Waals surface area contributed by atoms with E-state index in [2.05, 4.69) is 15.5 Å². The third-order valence-corrected chi connectivity index (χ3v) is 4.86. The zero-order valence-electron chi connectivity index (χ0n) is 16.7. The van der Waals surface area contributed by atoms with Crippen LogP contribution in [0.1, 0.15) is 44.3 Å². The monoisotopic (exact) mass is 391 g/mol. The Morgan fingerprint density at radius 1 is 1.11 bits per heavy atom. The molecule has 0 aliphatic carbocycles. The number of aliphatic hydroxyl groups excluding tert-OH is 1. The van der Waals surface area contributed by atoms with Gasteiger partial charge in [0.15, 0.2) is 0 Å². The third-order valence-electron chi connectivity index (χ3n) is 4.86. The number of carbonyl (C=O) groups excluding carboxylic acids is 2. The topological polar surface area (TPSA) is 90.9 Å². The Labute approximate surface area is 167 Å². The lowest BCUT2D eigenvalue weighted by atomic mass is 10.0. The summed E-state index contributed by atoms with van der Waals surface area (Å²) in [4.78, 5) is 26.1. The zero-order valence-corrected chi connectivity index (χ0v) is 16.7. The maximum Gasteiger partial charge on any atom is 0.220 e. The molecule has 3 N–H and O–H groups in total. The van der Waals surface area contributed by atoms with Crippen molar-refractivity contribution in [1.29, 1.82) is 0 Å². The molecule has 1 aromatic carbocycles. The molecule has 1 aliphatic heterocycles. The first-order valence-corrected chi connectivity index (χ1v) is 10.2. The number of benzene rings is 1. The molecular weight excluding hydrogens is 358 g/mol. The number of morpholine rings is 1. The molecule has 0 bridgehead atoms. The van der Waals surface area contributed by atoms with Crippen LogP contribution < -0.4 is 10.6 Å². The van der Waals surface area contributed by atoms with Crippen LogP contribution in [0.5, 0.6) is 0 Å². The second-order valence-electron chi connectivity index (χ2n) is 7.10. The molecule has 0 saturated carbocycles. The minimum atomic E-state index is -0.775. The van der Waals surface area contributed by atoms with Crippen LogP contribution in [0.15, 0.2) is 30.3 Å². The van der Waals surface area contributed by atoms with Crippen molar-refractivity contribution in [3.63, 3.8) is 0 Å². The van der Waals surface area contributed by atoms with Gasteiger partial charge in [-0.3, -0.25) is 14.5 Å². The number of hydrogen-bond acceptors (Lipinski definition) is 5. The summed E-state index contributed by atoms with van der Waals surface area (Å²) < 4.78 is 5.39. The summed E-state index contributed by atoms with van der Waals surface area (Å²) in [6.07, 6.45) is 1.33. The minimum Gasteiger partial charge on any atom is -0.386 e. The SMILES string of the molecule is CCNC(=O)CCCCC(=O)NC(CN1CCOCC1)C(O)c1ccccc1. The summed E-state index contributed by atoms with van der Waals surface area (Å²) >= 11 is 0. The van der Waals surface area contributed by atoms with Gasteiger partial charge in [0, 0.05) is 39.0 Å². The highest BCUT2D eigenvalue weighted by Gasteiger charge is 2.26. The van der Waals surface area contributed by atoms with Gasteiger partial charge >= 0.3 is 0 Å². The smallest absolute Gasteiger partial charge is 0.220 e. The van der Waals surface area contributed by atoms with E-state index in [0.29, 0.717) is 52.0 Å². The number of rotatable bonds is 11. The molecule has 1 fully saturated rings. The molecule has 1 heterocycles. The molecule has 2 amide bonds. The van der Waals surface area contributed by atoms with Crippen LogP contribution in [0.2, 0.25) is 0 Å². The van der Waals surface area contributed by atoms with Crippen molar-refractivity contribution in [1.82, 2.24) is 15.5 Å². The average Bonchev–Trinajstić information content (AvgIpc) is 2.72. The fourth-order valence-corrected chi connectivity index (χ4v) is 3.30. The van der Waals surface area contributed by atoms with Crippen LogP contribution in [0.25, 0.3) is 0 Å². The molecule has 1 aromatic rings. The number of aliphatic hydroxyl groups is 1. The molecule has 0 radical (unpaired) electrons. The quantitative estimate of drug-likeness (QED) is 0.494. The van der Waals surface area contributed by atoms with Gasteiger partial charge in [-0.15, -0.1) is 0 Å². The summed E-state index contributed by atoms with van der Waals surface area (Å²) in [7, 11) is 0. The summed E-state index contributed by atoms with van der Waals surface area (Å²) in [6, 6.07) is 9.02. The van der Waals surface area contributed by atoms with Gasteiger partial charge in [-0.05, 0) is 25.3 Å². The molecule has 28 heavy (non-hydrogen) atoms. The van der Waals surface area contributed by atoms with Gasteiger partial charge < -0.3 is 20.5 Å². The first-order chi connectivity index (χ1) is 13.6. The summed E-state index contributed by atoms with van der Waals surface area (Å²) in [5.74, 6) is -0.0725. The zero-order chi connectivity index (χ0) is 20.2. The summed E-state index contributed by atoms with van der Waals surface area (Å²) in [5.41, 5.74) is 0.789. The van der Waals surface area contributed by atoms with Crippen molar-refractivity contribution >= 4 is 11.8 Å². The van der Waals surface area contributed by atoms with E-state index in [1.807, 2.05) is 37.3 Å². The van der Waals surface area contributed by atoms with E-state index in [1.54, 1.807) is 0 Å². The molecule has 0 spiro atoms. The van der Waals surface area contributed by atoms with Crippen LogP contribution in [0, 0.1) is 0 Å². The fourth-order valence-electron chi connectivity index (χ4n) is 3.30. The first kappa shape index (κ1) is 22.3. The Balaban J connectivity index is 1.87. The van der Waals surface area contributed by atoms with E-state index in [4.69, 9.17) is 4.74 Å². The molecule has 1 aliphatic rings. The molecular formula is C21H33N3O4. The predicted molar refractivity (Wildman–Crippen MR) is 108 cm³/mol. The van der Waals surface area contributed by atoms with Crippen molar-refractivity contribution in [3.05, 3.63) is 35.9 Å². The van der Waals surface area contributed by atoms with Gasteiger partial charge in [0.1, 0.15) is 6.10 Å². The number of nitrogens with zero attached hydrogens (tertiary/aromatic N) is 1. The van der Waals surface area contributed by atoms with E-state index < -0.39 is 12.1 Å². The average molecular weight is 392 g/mol. The van der Waals surface area contributed by atoms with Gasteiger partial charge in [-0.25, -0.2) is 0 Å². The van der Waals surface area contributed by atoms with Crippen molar-refractivity contribution in [3.8, 4) is 0 Å². The lowest BCUT2D eigenvalue weighted by molar-refractivity contribution is -0.124. The van der Waals surface area contributed by atoms with Crippen LogP contribution in [0.3, 0.4) is 0 Å². The van der Waals surface area contributed by atoms with E-state index in [0.717, 1.165) is 18.7 Å². The number of carbonyl (C=O) groups is 2. The maximum atomic E-state index is 12.4. The number of hydrogen-bond donors (Lipinski definition) is 3. The second-order valence-corrected chi connectivity index (χ2v) is 7.10. The number of ether oxygens (including phenoxy) is 1. The standard InChI is InChI=1S/C21H33N3O4/c1-2-22-19(25)10-6-7-11-20(26)23-18(16-24-12-14-28-15-13-24)21(27)17-8-4-3-5-9-17/h3-5,8-9,18,21,27H,2,6-7,10-16H2,1H3,(H,22,25)(H,23,26). The molecule has 2 unspecified atom stereocenters.